The Balaban J connectivity index is 1.66. The number of nitrogens with zero attached hydrogens (tertiary/aromatic N) is 3. The van der Waals surface area contributed by atoms with E-state index >= 15 is 0 Å². The molecule has 9 nitrogen and oxygen atoms in total. The first-order valence-electron chi connectivity index (χ1n) is 13.2. The van der Waals surface area contributed by atoms with Crippen molar-refractivity contribution in [2.45, 2.75) is 57.8 Å². The third-order valence-electron chi connectivity index (χ3n) is 7.35. The van der Waals surface area contributed by atoms with Crippen molar-refractivity contribution >= 4 is 27.8 Å². The van der Waals surface area contributed by atoms with Gasteiger partial charge in [-0.05, 0) is 59.6 Å². The predicted molar refractivity (Wildman–Crippen MR) is 153 cm³/mol. The van der Waals surface area contributed by atoms with Crippen molar-refractivity contribution in [3.63, 3.8) is 0 Å². The van der Waals surface area contributed by atoms with Gasteiger partial charge in [0.1, 0.15) is 5.75 Å². The molecule has 208 valence electrons. The fraction of sp³-hybridized carbons (Fsp3) is 0.414. The monoisotopic (exact) mass is 551 g/mol. The number of hydrogen-bond donors (Lipinski definition) is 2. The van der Waals surface area contributed by atoms with Gasteiger partial charge in [-0.1, -0.05) is 58.0 Å². The number of amides is 1. The van der Waals surface area contributed by atoms with Gasteiger partial charge in [-0.3, -0.25) is 9.52 Å². The van der Waals surface area contributed by atoms with Crippen LogP contribution in [0.25, 0.3) is 0 Å². The smallest absolute Gasteiger partial charge is 0.323 e. The molecule has 0 bridgehead atoms. The van der Waals surface area contributed by atoms with Crippen LogP contribution in [-0.2, 0) is 20.4 Å². The molecule has 1 aliphatic heterocycles. The van der Waals surface area contributed by atoms with Gasteiger partial charge in [-0.25, -0.2) is 14.7 Å². The molecule has 2 N–H and O–H groups in total. The minimum absolute atomic E-state index is 0.0877. The highest BCUT2D eigenvalue weighted by molar-refractivity contribution is 7.91. The molecule has 4 rings (SSSR count). The molecule has 1 amide bonds. The highest BCUT2D eigenvalue weighted by Gasteiger charge is 2.45. The lowest BCUT2D eigenvalue weighted by molar-refractivity contribution is -0.125. The molecule has 0 radical (unpaired) electrons. The number of nitrogens with one attached hydrogen (secondary N) is 2. The molecule has 39 heavy (non-hydrogen) atoms. The number of anilines is 2. The number of ether oxygens (including phenoxy) is 1. The fourth-order valence-electron chi connectivity index (χ4n) is 5.16. The summed E-state index contributed by atoms with van der Waals surface area (Å²) >= 11 is 0. The Bertz CT molecular complexity index is 1380. The lowest BCUT2D eigenvalue weighted by Crippen LogP contribution is -2.54. The van der Waals surface area contributed by atoms with Crippen molar-refractivity contribution < 1.29 is 17.9 Å². The number of piperidine rings is 1. The molecule has 2 heterocycles. The number of benzene rings is 2. The zero-order valence-corrected chi connectivity index (χ0v) is 24.0. The van der Waals surface area contributed by atoms with Gasteiger partial charge in [-0.15, -0.1) is 0 Å². The summed E-state index contributed by atoms with van der Waals surface area (Å²) in [6, 6.07) is 14.8. The van der Waals surface area contributed by atoms with Gasteiger partial charge >= 0.3 is 10.2 Å². The van der Waals surface area contributed by atoms with Crippen molar-refractivity contribution in [1.29, 1.82) is 0 Å². The largest absolute Gasteiger partial charge is 0.497 e. The van der Waals surface area contributed by atoms with Crippen LogP contribution < -0.4 is 19.1 Å². The Morgan fingerprint density at radius 1 is 0.949 bits per heavy atom. The lowest BCUT2D eigenvalue weighted by atomic mass is 9.72. The molecule has 0 saturated carbocycles. The summed E-state index contributed by atoms with van der Waals surface area (Å²) in [5, 5.41) is 0. The summed E-state index contributed by atoms with van der Waals surface area (Å²) in [5.41, 5.74) is 1.88. The molecule has 1 fully saturated rings. The minimum Gasteiger partial charge on any atom is -0.497 e. The number of hydrogen-bond acceptors (Lipinski definition) is 7. The van der Waals surface area contributed by atoms with E-state index in [1.54, 1.807) is 37.7 Å². The van der Waals surface area contributed by atoms with Gasteiger partial charge in [0.05, 0.1) is 18.2 Å². The van der Waals surface area contributed by atoms with Crippen LogP contribution >= 0.6 is 0 Å². The molecule has 0 atom stereocenters. The number of carbonyl (C=O) groups is 1. The van der Waals surface area contributed by atoms with Gasteiger partial charge in [0.15, 0.2) is 0 Å². The van der Waals surface area contributed by atoms with E-state index in [4.69, 9.17) is 4.74 Å². The normalized spacial score (nSPS) is 15.3. The number of methoxy groups -OCH3 is 1. The maximum atomic E-state index is 14.0. The van der Waals surface area contributed by atoms with Crippen molar-refractivity contribution in [3.8, 4) is 5.75 Å². The van der Waals surface area contributed by atoms with Crippen LogP contribution in [0.4, 0.5) is 11.6 Å². The second-order valence-corrected chi connectivity index (χ2v) is 11.9. The van der Waals surface area contributed by atoms with E-state index in [0.29, 0.717) is 48.9 Å². The zero-order chi connectivity index (χ0) is 28.2. The molecule has 1 aliphatic rings. The second-order valence-electron chi connectivity index (χ2n) is 10.5. The number of aromatic nitrogens is 2. The van der Waals surface area contributed by atoms with Gasteiger partial charge in [0.2, 0.25) is 11.9 Å². The van der Waals surface area contributed by atoms with Crippen molar-refractivity contribution in [3.05, 3.63) is 77.6 Å². The van der Waals surface area contributed by atoms with Crippen LogP contribution in [0.5, 0.6) is 5.75 Å². The number of carbonyl (C=O) groups excluding carboxylic acids is 1. The van der Waals surface area contributed by atoms with Gasteiger partial charge in [0, 0.05) is 25.5 Å². The van der Waals surface area contributed by atoms with Crippen LogP contribution in [0, 0.1) is 0 Å². The first-order valence-corrected chi connectivity index (χ1v) is 14.7. The van der Waals surface area contributed by atoms with Crippen LogP contribution in [0.15, 0.2) is 60.9 Å². The molecular formula is C29H37N5O4S. The van der Waals surface area contributed by atoms with E-state index in [-0.39, 0.29) is 11.8 Å². The maximum absolute atomic E-state index is 14.0. The molecule has 0 unspecified atom stereocenters. The molecule has 1 saturated heterocycles. The Labute approximate surface area is 231 Å². The van der Waals surface area contributed by atoms with Crippen molar-refractivity contribution in [1.82, 2.24) is 14.7 Å². The van der Waals surface area contributed by atoms with E-state index in [9.17, 15) is 13.2 Å². The average molecular weight is 552 g/mol. The summed E-state index contributed by atoms with van der Waals surface area (Å²) in [7, 11) is -2.68. The third kappa shape index (κ3) is 6.16. The van der Waals surface area contributed by atoms with E-state index in [1.807, 2.05) is 62.9 Å². The summed E-state index contributed by atoms with van der Waals surface area (Å²) < 4.78 is 37.5. The van der Waals surface area contributed by atoms with Crippen molar-refractivity contribution in [2.24, 2.45) is 0 Å². The van der Waals surface area contributed by atoms with E-state index < -0.39 is 21.5 Å². The van der Waals surface area contributed by atoms with Gasteiger partial charge < -0.3 is 9.64 Å². The standard InChI is InChI=1S/C29H37N5O4S/c1-20(2)24-11-7-12-25(21(3)4)26(24)32-39(36,37)33-27(35)29(22-9-6-10-23(19-22)38-5)13-17-34(18-14-29)28-30-15-8-16-31-28/h6-12,15-16,19-21,32H,13-14,17-18H2,1-5H3,(H,33,35). The quantitative estimate of drug-likeness (QED) is 0.395. The van der Waals surface area contributed by atoms with Crippen LogP contribution in [0.1, 0.15) is 69.1 Å². The molecule has 3 aromatic rings. The predicted octanol–water partition coefficient (Wildman–Crippen LogP) is 4.74. The van der Waals surface area contributed by atoms with E-state index in [1.165, 1.54) is 0 Å². The second kappa shape index (κ2) is 11.6. The average Bonchev–Trinajstić information content (AvgIpc) is 2.93. The first-order chi connectivity index (χ1) is 18.6. The highest BCUT2D eigenvalue weighted by atomic mass is 32.2. The maximum Gasteiger partial charge on any atom is 0.323 e. The molecule has 0 aliphatic carbocycles. The molecule has 10 heteroatoms. The minimum atomic E-state index is -4.24. The SMILES string of the molecule is COc1cccc(C2(C(=O)NS(=O)(=O)Nc3c(C(C)C)cccc3C(C)C)CCN(c3ncccn3)CC2)c1. The molecule has 0 spiro atoms. The van der Waals surface area contributed by atoms with Gasteiger partial charge in [0.25, 0.3) is 0 Å². The molecule has 1 aromatic heterocycles. The number of rotatable bonds is 9. The first kappa shape index (κ1) is 28.4. The summed E-state index contributed by atoms with van der Waals surface area (Å²) in [4.78, 5) is 24.7. The van der Waals surface area contributed by atoms with Crippen LogP contribution in [0.3, 0.4) is 0 Å². The number of para-hydroxylation sites is 1. The summed E-state index contributed by atoms with van der Waals surface area (Å²) in [5.74, 6) is 0.777. The molecular weight excluding hydrogens is 514 g/mol. The molecule has 2 aromatic carbocycles. The topological polar surface area (TPSA) is 114 Å². The van der Waals surface area contributed by atoms with Gasteiger partial charge in [-0.2, -0.15) is 8.42 Å². The Kier molecular flexibility index (Phi) is 8.44. The zero-order valence-electron chi connectivity index (χ0n) is 23.1. The summed E-state index contributed by atoms with van der Waals surface area (Å²) in [6.45, 7) is 9.01. The third-order valence-corrected chi connectivity index (χ3v) is 8.27. The fourth-order valence-corrected chi connectivity index (χ4v) is 6.15. The lowest BCUT2D eigenvalue weighted by Gasteiger charge is -2.41. The summed E-state index contributed by atoms with van der Waals surface area (Å²) in [6.07, 6.45) is 4.11. The van der Waals surface area contributed by atoms with Crippen molar-refractivity contribution in [2.75, 3.05) is 29.8 Å². The Morgan fingerprint density at radius 3 is 2.10 bits per heavy atom. The Hall–Kier alpha value is -3.66. The van der Waals surface area contributed by atoms with E-state index in [2.05, 4.69) is 19.4 Å². The van der Waals surface area contributed by atoms with E-state index in [0.717, 1.165) is 11.1 Å². The highest BCUT2D eigenvalue weighted by Crippen LogP contribution is 2.39. The Morgan fingerprint density at radius 2 is 1.54 bits per heavy atom. The van der Waals surface area contributed by atoms with Crippen LogP contribution in [-0.4, -0.2) is 44.5 Å². The van der Waals surface area contributed by atoms with Crippen LogP contribution in [0.2, 0.25) is 0 Å².